The van der Waals surface area contributed by atoms with Crippen LogP contribution >= 0.6 is 0 Å². The second-order valence-corrected chi connectivity index (χ2v) is 5.41. The summed E-state index contributed by atoms with van der Waals surface area (Å²) in [5.41, 5.74) is 1.40. The summed E-state index contributed by atoms with van der Waals surface area (Å²) in [5.74, 6) is 0.340. The number of hydrogen-bond donors (Lipinski definition) is 2. The van der Waals surface area contributed by atoms with E-state index in [1.165, 1.54) is 19.3 Å². The monoisotopic (exact) mass is 312 g/mol. The van der Waals surface area contributed by atoms with Crippen molar-refractivity contribution in [2.75, 3.05) is 11.9 Å². The number of rotatable bonds is 9. The Morgan fingerprint density at radius 1 is 1.04 bits per heavy atom. The highest BCUT2D eigenvalue weighted by Gasteiger charge is 2.13. The van der Waals surface area contributed by atoms with Gasteiger partial charge in [-0.3, -0.25) is 4.79 Å². The second kappa shape index (κ2) is 9.56. The van der Waals surface area contributed by atoms with Crippen LogP contribution in [0.2, 0.25) is 0 Å². The van der Waals surface area contributed by atoms with Crippen LogP contribution in [-0.4, -0.2) is 22.4 Å². The Hall–Kier alpha value is -2.43. The Morgan fingerprint density at radius 2 is 1.83 bits per heavy atom. The minimum Gasteiger partial charge on any atom is -0.368 e. The molecule has 1 heterocycles. The summed E-state index contributed by atoms with van der Waals surface area (Å²) in [6.45, 7) is 3.47. The van der Waals surface area contributed by atoms with Gasteiger partial charge < -0.3 is 10.6 Å². The predicted octanol–water partition coefficient (Wildman–Crippen LogP) is 3.40. The number of amides is 1. The van der Waals surface area contributed by atoms with Gasteiger partial charge in [-0.05, 0) is 12.0 Å². The number of anilines is 1. The van der Waals surface area contributed by atoms with E-state index in [4.69, 9.17) is 0 Å². The average Bonchev–Trinajstić information content (AvgIpc) is 2.61. The zero-order valence-corrected chi connectivity index (χ0v) is 13.6. The Kier molecular flexibility index (Phi) is 7.04. The van der Waals surface area contributed by atoms with Crippen LogP contribution in [0.15, 0.2) is 42.7 Å². The first-order valence-electron chi connectivity index (χ1n) is 8.18. The molecule has 23 heavy (non-hydrogen) atoms. The van der Waals surface area contributed by atoms with E-state index in [2.05, 4.69) is 27.5 Å². The topological polar surface area (TPSA) is 66.9 Å². The Morgan fingerprint density at radius 3 is 2.61 bits per heavy atom. The van der Waals surface area contributed by atoms with Gasteiger partial charge in [0.15, 0.2) is 11.5 Å². The molecule has 5 nitrogen and oxygen atoms in total. The molecule has 0 atom stereocenters. The van der Waals surface area contributed by atoms with Crippen LogP contribution in [0, 0.1) is 0 Å². The molecule has 0 aliphatic rings. The fraction of sp³-hybridized carbons (Fsp3) is 0.389. The summed E-state index contributed by atoms with van der Waals surface area (Å²) in [7, 11) is 0. The molecular formula is C18H24N4O. The highest BCUT2D eigenvalue weighted by atomic mass is 16.1. The van der Waals surface area contributed by atoms with Crippen LogP contribution < -0.4 is 10.6 Å². The fourth-order valence-electron chi connectivity index (χ4n) is 2.25. The third-order valence-corrected chi connectivity index (χ3v) is 3.53. The van der Waals surface area contributed by atoms with E-state index in [0.717, 1.165) is 18.5 Å². The standard InChI is InChI=1S/C18H24N4O/c1-2-3-4-8-11-20-17-16(19-12-13-21-17)18(23)22-14-15-9-6-5-7-10-15/h5-7,9-10,12-13H,2-4,8,11,14H2,1H3,(H,20,21)(H,22,23). The van der Waals surface area contributed by atoms with Gasteiger partial charge in [-0.2, -0.15) is 0 Å². The Labute approximate surface area is 137 Å². The van der Waals surface area contributed by atoms with Crippen LogP contribution in [0.25, 0.3) is 0 Å². The van der Waals surface area contributed by atoms with E-state index in [0.29, 0.717) is 18.1 Å². The molecule has 2 N–H and O–H groups in total. The molecule has 0 unspecified atom stereocenters. The van der Waals surface area contributed by atoms with Crippen molar-refractivity contribution in [3.05, 3.63) is 54.0 Å². The zero-order chi connectivity index (χ0) is 16.3. The van der Waals surface area contributed by atoms with Crippen molar-refractivity contribution in [3.8, 4) is 0 Å². The number of hydrogen-bond acceptors (Lipinski definition) is 4. The molecule has 0 saturated heterocycles. The summed E-state index contributed by atoms with van der Waals surface area (Å²) < 4.78 is 0. The van der Waals surface area contributed by atoms with E-state index < -0.39 is 0 Å². The molecule has 0 bridgehead atoms. The Bertz CT molecular complexity index is 601. The summed E-state index contributed by atoms with van der Waals surface area (Å²) in [6.07, 6.45) is 7.82. The maximum atomic E-state index is 12.3. The van der Waals surface area contributed by atoms with Crippen LogP contribution in [-0.2, 0) is 6.54 Å². The van der Waals surface area contributed by atoms with Gasteiger partial charge in [0, 0.05) is 25.5 Å². The van der Waals surface area contributed by atoms with E-state index in [9.17, 15) is 4.79 Å². The molecule has 2 rings (SSSR count). The second-order valence-electron chi connectivity index (χ2n) is 5.41. The third-order valence-electron chi connectivity index (χ3n) is 3.53. The van der Waals surface area contributed by atoms with Gasteiger partial charge in [0.2, 0.25) is 0 Å². The summed E-state index contributed by atoms with van der Waals surface area (Å²) in [4.78, 5) is 20.7. The number of aromatic nitrogens is 2. The van der Waals surface area contributed by atoms with E-state index in [-0.39, 0.29) is 5.91 Å². The lowest BCUT2D eigenvalue weighted by atomic mass is 10.2. The van der Waals surface area contributed by atoms with Gasteiger partial charge in [0.05, 0.1) is 0 Å². The normalized spacial score (nSPS) is 10.3. The highest BCUT2D eigenvalue weighted by molar-refractivity contribution is 5.96. The molecule has 1 aromatic carbocycles. The van der Waals surface area contributed by atoms with Crippen LogP contribution in [0.4, 0.5) is 5.82 Å². The van der Waals surface area contributed by atoms with Gasteiger partial charge in [0.1, 0.15) is 0 Å². The number of carbonyl (C=O) groups is 1. The zero-order valence-electron chi connectivity index (χ0n) is 13.6. The minimum atomic E-state index is -0.210. The molecule has 0 radical (unpaired) electrons. The van der Waals surface area contributed by atoms with Crippen molar-refractivity contribution < 1.29 is 4.79 Å². The van der Waals surface area contributed by atoms with E-state index in [1.807, 2.05) is 30.3 Å². The van der Waals surface area contributed by atoms with Crippen molar-refractivity contribution in [2.45, 2.75) is 39.2 Å². The Balaban J connectivity index is 1.89. The maximum absolute atomic E-state index is 12.3. The molecule has 0 aliphatic heterocycles. The third kappa shape index (κ3) is 5.70. The minimum absolute atomic E-state index is 0.210. The first kappa shape index (κ1) is 16.9. The lowest BCUT2D eigenvalue weighted by Crippen LogP contribution is -2.25. The number of unbranched alkanes of at least 4 members (excludes halogenated alkanes) is 3. The molecular weight excluding hydrogens is 288 g/mol. The average molecular weight is 312 g/mol. The molecule has 0 aliphatic carbocycles. The van der Waals surface area contributed by atoms with E-state index in [1.54, 1.807) is 12.4 Å². The van der Waals surface area contributed by atoms with Gasteiger partial charge in [-0.1, -0.05) is 56.5 Å². The number of benzene rings is 1. The van der Waals surface area contributed by atoms with Crippen molar-refractivity contribution in [1.82, 2.24) is 15.3 Å². The summed E-state index contributed by atoms with van der Waals surface area (Å²) in [6, 6.07) is 9.81. The first-order chi connectivity index (χ1) is 11.3. The van der Waals surface area contributed by atoms with Gasteiger partial charge in [-0.25, -0.2) is 9.97 Å². The van der Waals surface area contributed by atoms with Gasteiger partial charge in [-0.15, -0.1) is 0 Å². The summed E-state index contributed by atoms with van der Waals surface area (Å²) in [5, 5.41) is 6.10. The lowest BCUT2D eigenvalue weighted by Gasteiger charge is -2.10. The number of nitrogens with one attached hydrogen (secondary N) is 2. The predicted molar refractivity (Wildman–Crippen MR) is 92.3 cm³/mol. The van der Waals surface area contributed by atoms with Crippen LogP contribution in [0.1, 0.15) is 48.7 Å². The molecule has 1 amide bonds. The molecule has 0 saturated carbocycles. The quantitative estimate of drug-likeness (QED) is 0.696. The SMILES string of the molecule is CCCCCCNc1nccnc1C(=O)NCc1ccccc1. The molecule has 5 heteroatoms. The van der Waals surface area contributed by atoms with Crippen molar-refractivity contribution in [1.29, 1.82) is 0 Å². The number of carbonyl (C=O) groups excluding carboxylic acids is 1. The number of nitrogens with zero attached hydrogens (tertiary/aromatic N) is 2. The van der Waals surface area contributed by atoms with Crippen LogP contribution in [0.5, 0.6) is 0 Å². The van der Waals surface area contributed by atoms with Crippen molar-refractivity contribution >= 4 is 11.7 Å². The fourth-order valence-corrected chi connectivity index (χ4v) is 2.25. The first-order valence-corrected chi connectivity index (χ1v) is 8.18. The lowest BCUT2D eigenvalue weighted by molar-refractivity contribution is 0.0946. The van der Waals surface area contributed by atoms with Gasteiger partial charge in [0.25, 0.3) is 5.91 Å². The molecule has 0 fully saturated rings. The van der Waals surface area contributed by atoms with E-state index >= 15 is 0 Å². The molecule has 2 aromatic rings. The largest absolute Gasteiger partial charge is 0.368 e. The highest BCUT2D eigenvalue weighted by Crippen LogP contribution is 2.09. The van der Waals surface area contributed by atoms with Crippen molar-refractivity contribution in [2.24, 2.45) is 0 Å². The summed E-state index contributed by atoms with van der Waals surface area (Å²) >= 11 is 0. The van der Waals surface area contributed by atoms with Crippen LogP contribution in [0.3, 0.4) is 0 Å². The molecule has 0 spiro atoms. The molecule has 1 aromatic heterocycles. The molecule has 122 valence electrons. The maximum Gasteiger partial charge on any atom is 0.273 e. The van der Waals surface area contributed by atoms with Gasteiger partial charge >= 0.3 is 0 Å². The van der Waals surface area contributed by atoms with Crippen molar-refractivity contribution in [3.63, 3.8) is 0 Å². The smallest absolute Gasteiger partial charge is 0.273 e.